The zero-order valence-electron chi connectivity index (χ0n) is 14.2. The lowest BCUT2D eigenvalue weighted by Crippen LogP contribution is -2.55. The summed E-state index contributed by atoms with van der Waals surface area (Å²) in [6, 6.07) is 2.53. The number of hydrogen-bond donors (Lipinski definition) is 1. The van der Waals surface area contributed by atoms with Crippen LogP contribution in [0.5, 0.6) is 0 Å². The molecule has 0 saturated heterocycles. The third-order valence-corrected chi connectivity index (χ3v) is 5.20. The van der Waals surface area contributed by atoms with Gasteiger partial charge in [0.25, 0.3) is 0 Å². The molecular weight excluding hydrogens is 258 g/mol. The van der Waals surface area contributed by atoms with E-state index in [0.29, 0.717) is 6.04 Å². The summed E-state index contributed by atoms with van der Waals surface area (Å²) in [5.41, 5.74) is 3.00. The van der Waals surface area contributed by atoms with E-state index in [1.807, 2.05) is 6.20 Å². The first-order chi connectivity index (χ1) is 10.2. The minimum Gasteiger partial charge on any atom is -0.309 e. The normalized spacial score (nSPS) is 19.1. The van der Waals surface area contributed by atoms with E-state index in [0.717, 1.165) is 19.6 Å². The number of nitrogens with zero attached hydrogens (tertiary/aromatic N) is 2. The number of hydrogen-bond acceptors (Lipinski definition) is 3. The molecule has 1 fully saturated rings. The van der Waals surface area contributed by atoms with Crippen molar-refractivity contribution in [2.24, 2.45) is 0 Å². The van der Waals surface area contributed by atoms with Crippen LogP contribution in [0.4, 0.5) is 0 Å². The van der Waals surface area contributed by atoms with Crippen LogP contribution in [0.3, 0.4) is 0 Å². The Morgan fingerprint density at radius 1 is 1.24 bits per heavy atom. The van der Waals surface area contributed by atoms with Crippen molar-refractivity contribution in [3.8, 4) is 0 Å². The molecule has 1 aromatic heterocycles. The molecule has 1 atom stereocenters. The number of aryl methyl sites for hydroxylation is 1. The SMILES string of the molecule is CCNC(c1cnccc1C)C1(N(CC)CC)CCCC1. The van der Waals surface area contributed by atoms with Crippen LogP contribution in [0.15, 0.2) is 18.5 Å². The first-order valence-electron chi connectivity index (χ1n) is 8.58. The quantitative estimate of drug-likeness (QED) is 0.829. The summed E-state index contributed by atoms with van der Waals surface area (Å²) in [5.74, 6) is 0. The van der Waals surface area contributed by atoms with Crippen molar-refractivity contribution in [1.82, 2.24) is 15.2 Å². The lowest BCUT2D eigenvalue weighted by molar-refractivity contribution is 0.0628. The van der Waals surface area contributed by atoms with Gasteiger partial charge in [0, 0.05) is 17.9 Å². The van der Waals surface area contributed by atoms with E-state index in [-0.39, 0.29) is 5.54 Å². The number of aromatic nitrogens is 1. The first-order valence-corrected chi connectivity index (χ1v) is 8.58. The van der Waals surface area contributed by atoms with E-state index in [2.05, 4.69) is 55.2 Å². The summed E-state index contributed by atoms with van der Waals surface area (Å²) >= 11 is 0. The van der Waals surface area contributed by atoms with Crippen molar-refractivity contribution in [3.05, 3.63) is 29.6 Å². The predicted octanol–water partition coefficient (Wildman–Crippen LogP) is 3.70. The number of likely N-dealkylation sites (N-methyl/N-ethyl adjacent to an activating group) is 2. The van der Waals surface area contributed by atoms with Crippen LogP contribution in [0.1, 0.15) is 63.6 Å². The molecule has 0 radical (unpaired) electrons. The largest absolute Gasteiger partial charge is 0.309 e. The van der Waals surface area contributed by atoms with E-state index in [9.17, 15) is 0 Å². The van der Waals surface area contributed by atoms with Crippen LogP contribution in [-0.2, 0) is 0 Å². The molecule has 1 aliphatic rings. The van der Waals surface area contributed by atoms with Gasteiger partial charge in [0.1, 0.15) is 0 Å². The topological polar surface area (TPSA) is 28.2 Å². The van der Waals surface area contributed by atoms with Gasteiger partial charge >= 0.3 is 0 Å². The molecule has 0 aromatic carbocycles. The van der Waals surface area contributed by atoms with Crippen molar-refractivity contribution in [2.45, 2.75) is 65.0 Å². The molecule has 3 heteroatoms. The Bertz CT molecular complexity index is 434. The highest BCUT2D eigenvalue weighted by atomic mass is 15.2. The fraction of sp³-hybridized carbons (Fsp3) is 0.722. The third-order valence-electron chi connectivity index (χ3n) is 5.20. The molecule has 0 bridgehead atoms. The summed E-state index contributed by atoms with van der Waals surface area (Å²) in [4.78, 5) is 7.08. The lowest BCUT2D eigenvalue weighted by Gasteiger charge is -2.47. The highest BCUT2D eigenvalue weighted by Gasteiger charge is 2.45. The van der Waals surface area contributed by atoms with E-state index >= 15 is 0 Å². The second kappa shape index (κ2) is 7.37. The maximum Gasteiger partial charge on any atom is 0.0525 e. The van der Waals surface area contributed by atoms with Gasteiger partial charge < -0.3 is 5.32 Å². The average Bonchev–Trinajstić information content (AvgIpc) is 2.97. The molecule has 21 heavy (non-hydrogen) atoms. The summed E-state index contributed by atoms with van der Waals surface area (Å²) in [6.45, 7) is 12.3. The summed E-state index contributed by atoms with van der Waals surface area (Å²) in [7, 11) is 0. The van der Waals surface area contributed by atoms with Gasteiger partial charge in [0.2, 0.25) is 0 Å². The fourth-order valence-electron chi connectivity index (χ4n) is 4.20. The molecule has 1 unspecified atom stereocenters. The van der Waals surface area contributed by atoms with Gasteiger partial charge in [-0.15, -0.1) is 0 Å². The van der Waals surface area contributed by atoms with Gasteiger partial charge in [-0.25, -0.2) is 0 Å². The number of pyridine rings is 1. The third kappa shape index (κ3) is 3.14. The van der Waals surface area contributed by atoms with Crippen LogP contribution in [0, 0.1) is 6.92 Å². The Kier molecular flexibility index (Phi) is 5.77. The molecule has 1 saturated carbocycles. The van der Waals surface area contributed by atoms with Crippen molar-refractivity contribution < 1.29 is 0 Å². The molecule has 1 aromatic rings. The van der Waals surface area contributed by atoms with E-state index < -0.39 is 0 Å². The van der Waals surface area contributed by atoms with Gasteiger partial charge in [0.05, 0.1) is 6.04 Å². The Hall–Kier alpha value is -0.930. The van der Waals surface area contributed by atoms with Crippen molar-refractivity contribution in [2.75, 3.05) is 19.6 Å². The van der Waals surface area contributed by atoms with Crippen LogP contribution < -0.4 is 5.32 Å². The molecule has 1 heterocycles. The lowest BCUT2D eigenvalue weighted by atomic mass is 9.81. The van der Waals surface area contributed by atoms with Crippen molar-refractivity contribution >= 4 is 0 Å². The van der Waals surface area contributed by atoms with Gasteiger partial charge in [-0.3, -0.25) is 9.88 Å². The zero-order chi connectivity index (χ0) is 15.3. The smallest absolute Gasteiger partial charge is 0.0525 e. The highest BCUT2D eigenvalue weighted by Crippen LogP contribution is 2.44. The molecule has 2 rings (SSSR count). The van der Waals surface area contributed by atoms with E-state index in [1.165, 1.54) is 36.8 Å². The molecule has 0 amide bonds. The second-order valence-corrected chi connectivity index (χ2v) is 6.21. The summed E-state index contributed by atoms with van der Waals surface area (Å²) in [5, 5.41) is 3.79. The minimum absolute atomic E-state index is 0.257. The molecule has 0 aliphatic heterocycles. The Morgan fingerprint density at radius 2 is 1.90 bits per heavy atom. The van der Waals surface area contributed by atoms with Gasteiger partial charge in [0.15, 0.2) is 0 Å². The van der Waals surface area contributed by atoms with E-state index in [4.69, 9.17) is 0 Å². The number of rotatable bonds is 7. The fourth-order valence-corrected chi connectivity index (χ4v) is 4.20. The Balaban J connectivity index is 2.45. The van der Waals surface area contributed by atoms with Gasteiger partial charge in [-0.1, -0.05) is 33.6 Å². The molecule has 3 nitrogen and oxygen atoms in total. The summed E-state index contributed by atoms with van der Waals surface area (Å²) in [6.07, 6.45) is 9.25. The molecule has 1 N–H and O–H groups in total. The Morgan fingerprint density at radius 3 is 2.43 bits per heavy atom. The second-order valence-electron chi connectivity index (χ2n) is 6.21. The maximum atomic E-state index is 4.40. The molecular formula is C18H31N3. The predicted molar refractivity (Wildman–Crippen MR) is 89.5 cm³/mol. The Labute approximate surface area is 130 Å². The van der Waals surface area contributed by atoms with Crippen molar-refractivity contribution in [3.63, 3.8) is 0 Å². The first kappa shape index (κ1) is 16.4. The van der Waals surface area contributed by atoms with Crippen LogP contribution >= 0.6 is 0 Å². The number of nitrogens with one attached hydrogen (secondary N) is 1. The van der Waals surface area contributed by atoms with Crippen LogP contribution in [0.2, 0.25) is 0 Å². The summed E-state index contributed by atoms with van der Waals surface area (Å²) < 4.78 is 0. The highest BCUT2D eigenvalue weighted by molar-refractivity contribution is 5.29. The average molecular weight is 289 g/mol. The molecule has 1 aliphatic carbocycles. The van der Waals surface area contributed by atoms with Crippen LogP contribution in [-0.4, -0.2) is 35.1 Å². The van der Waals surface area contributed by atoms with E-state index in [1.54, 1.807) is 0 Å². The van der Waals surface area contributed by atoms with Crippen LogP contribution in [0.25, 0.3) is 0 Å². The van der Waals surface area contributed by atoms with Crippen molar-refractivity contribution in [1.29, 1.82) is 0 Å². The monoisotopic (exact) mass is 289 g/mol. The van der Waals surface area contributed by atoms with Gasteiger partial charge in [-0.05, 0) is 56.6 Å². The molecule has 0 spiro atoms. The maximum absolute atomic E-state index is 4.40. The molecule has 118 valence electrons. The standard InChI is InChI=1S/C18H31N3/c1-5-20-17(16-14-19-13-10-15(16)4)18(11-8-9-12-18)21(6-2)7-3/h10,13-14,17,20H,5-9,11-12H2,1-4H3. The minimum atomic E-state index is 0.257. The zero-order valence-corrected chi connectivity index (χ0v) is 14.2. The van der Waals surface area contributed by atoms with Gasteiger partial charge in [-0.2, -0.15) is 0 Å².